The Morgan fingerprint density at radius 1 is 1.09 bits per heavy atom. The average molecular weight is 341 g/mol. The van der Waals surface area contributed by atoms with Gasteiger partial charge in [-0.25, -0.2) is 0 Å². The van der Waals surface area contributed by atoms with Crippen LogP contribution in [0.25, 0.3) is 0 Å². The second-order valence-electron chi connectivity index (χ2n) is 6.14. The SMILES string of the molecule is CCC(C)C(CN(C)C(=O)CN(CC)CC)c1ccccc1.Cl. The van der Waals surface area contributed by atoms with Crippen molar-refractivity contribution in [2.75, 3.05) is 33.2 Å². The van der Waals surface area contributed by atoms with Crippen molar-refractivity contribution in [3.63, 3.8) is 0 Å². The lowest BCUT2D eigenvalue weighted by Gasteiger charge is -2.30. The summed E-state index contributed by atoms with van der Waals surface area (Å²) in [5.41, 5.74) is 1.33. The molecular formula is C19H33ClN2O. The largest absolute Gasteiger partial charge is 0.344 e. The van der Waals surface area contributed by atoms with Crippen molar-refractivity contribution in [1.29, 1.82) is 0 Å². The second-order valence-corrected chi connectivity index (χ2v) is 6.14. The molecule has 0 heterocycles. The monoisotopic (exact) mass is 340 g/mol. The van der Waals surface area contributed by atoms with Crippen LogP contribution in [-0.2, 0) is 4.79 Å². The first-order valence-electron chi connectivity index (χ1n) is 8.54. The third-order valence-corrected chi connectivity index (χ3v) is 4.71. The molecule has 0 bridgehead atoms. The van der Waals surface area contributed by atoms with E-state index < -0.39 is 0 Å². The normalized spacial score (nSPS) is 13.3. The van der Waals surface area contributed by atoms with Crippen molar-refractivity contribution in [1.82, 2.24) is 9.80 Å². The van der Waals surface area contributed by atoms with Gasteiger partial charge < -0.3 is 4.90 Å². The quantitative estimate of drug-likeness (QED) is 0.677. The summed E-state index contributed by atoms with van der Waals surface area (Å²) in [6, 6.07) is 10.6. The first-order valence-corrected chi connectivity index (χ1v) is 8.54. The van der Waals surface area contributed by atoms with Gasteiger partial charge in [-0.1, -0.05) is 64.4 Å². The topological polar surface area (TPSA) is 23.6 Å². The van der Waals surface area contributed by atoms with E-state index in [1.165, 1.54) is 5.56 Å². The Hall–Kier alpha value is -1.06. The molecule has 1 rings (SSSR count). The average Bonchev–Trinajstić information content (AvgIpc) is 2.57. The number of hydrogen-bond donors (Lipinski definition) is 0. The molecule has 0 aromatic heterocycles. The molecule has 2 unspecified atom stereocenters. The molecule has 0 saturated carbocycles. The van der Waals surface area contributed by atoms with Gasteiger partial charge in [0.1, 0.15) is 0 Å². The molecule has 0 N–H and O–H groups in total. The van der Waals surface area contributed by atoms with E-state index in [1.807, 2.05) is 18.0 Å². The van der Waals surface area contributed by atoms with Crippen LogP contribution in [0.5, 0.6) is 0 Å². The molecule has 23 heavy (non-hydrogen) atoms. The predicted octanol–water partition coefficient (Wildman–Crippen LogP) is 4.04. The van der Waals surface area contributed by atoms with Gasteiger partial charge in [0.15, 0.2) is 0 Å². The standard InChI is InChI=1S/C19H32N2O.ClH/c1-6-16(4)18(17-12-10-9-11-13-17)14-20(5)19(22)15-21(7-2)8-3;/h9-13,16,18H,6-8,14-15H2,1-5H3;1H. The van der Waals surface area contributed by atoms with Crippen molar-refractivity contribution in [2.45, 2.75) is 40.0 Å². The van der Waals surface area contributed by atoms with Gasteiger partial charge in [0.25, 0.3) is 0 Å². The first kappa shape index (κ1) is 21.9. The van der Waals surface area contributed by atoms with E-state index in [0.29, 0.717) is 18.4 Å². The zero-order valence-corrected chi connectivity index (χ0v) is 16.1. The van der Waals surface area contributed by atoms with Crippen LogP contribution in [0.4, 0.5) is 0 Å². The smallest absolute Gasteiger partial charge is 0.236 e. The van der Waals surface area contributed by atoms with Crippen LogP contribution in [-0.4, -0.2) is 48.9 Å². The highest BCUT2D eigenvalue weighted by Gasteiger charge is 2.22. The van der Waals surface area contributed by atoms with Gasteiger partial charge >= 0.3 is 0 Å². The van der Waals surface area contributed by atoms with E-state index >= 15 is 0 Å². The zero-order chi connectivity index (χ0) is 16.5. The van der Waals surface area contributed by atoms with E-state index in [1.54, 1.807) is 0 Å². The van der Waals surface area contributed by atoms with Gasteiger partial charge in [0.2, 0.25) is 5.91 Å². The van der Waals surface area contributed by atoms with Crippen molar-refractivity contribution in [3.8, 4) is 0 Å². The molecule has 0 fully saturated rings. The first-order chi connectivity index (χ1) is 10.5. The van der Waals surface area contributed by atoms with E-state index in [4.69, 9.17) is 0 Å². The Labute approximate surface area is 148 Å². The van der Waals surface area contributed by atoms with E-state index in [9.17, 15) is 4.79 Å². The number of benzene rings is 1. The van der Waals surface area contributed by atoms with E-state index in [2.05, 4.69) is 56.9 Å². The molecule has 132 valence electrons. The lowest BCUT2D eigenvalue weighted by molar-refractivity contribution is -0.131. The summed E-state index contributed by atoms with van der Waals surface area (Å²) >= 11 is 0. The molecule has 0 aliphatic heterocycles. The fourth-order valence-corrected chi connectivity index (χ4v) is 2.75. The number of likely N-dealkylation sites (N-methyl/N-ethyl adjacent to an activating group) is 2. The van der Waals surface area contributed by atoms with Crippen LogP contribution in [0.2, 0.25) is 0 Å². The lowest BCUT2D eigenvalue weighted by atomic mass is 9.85. The molecule has 1 aromatic carbocycles. The van der Waals surface area contributed by atoms with Crippen LogP contribution in [0.15, 0.2) is 30.3 Å². The Morgan fingerprint density at radius 2 is 1.65 bits per heavy atom. The van der Waals surface area contributed by atoms with Gasteiger partial charge in [0.05, 0.1) is 6.54 Å². The summed E-state index contributed by atoms with van der Waals surface area (Å²) in [7, 11) is 1.93. The molecule has 1 aromatic rings. The Morgan fingerprint density at radius 3 is 2.13 bits per heavy atom. The molecule has 0 aliphatic rings. The maximum Gasteiger partial charge on any atom is 0.236 e. The van der Waals surface area contributed by atoms with Crippen molar-refractivity contribution in [2.24, 2.45) is 5.92 Å². The van der Waals surface area contributed by atoms with Gasteiger partial charge in [0, 0.05) is 19.5 Å². The Bertz CT molecular complexity index is 434. The molecule has 0 saturated heterocycles. The Balaban J connectivity index is 0.00000484. The second kappa shape index (κ2) is 11.5. The van der Waals surface area contributed by atoms with Crippen LogP contribution in [0.1, 0.15) is 45.6 Å². The van der Waals surface area contributed by atoms with Crippen molar-refractivity contribution < 1.29 is 4.79 Å². The minimum atomic E-state index is 0. The fourth-order valence-electron chi connectivity index (χ4n) is 2.75. The minimum absolute atomic E-state index is 0. The van der Waals surface area contributed by atoms with Gasteiger partial charge in [-0.2, -0.15) is 0 Å². The lowest BCUT2D eigenvalue weighted by Crippen LogP contribution is -2.40. The highest BCUT2D eigenvalue weighted by atomic mass is 35.5. The maximum absolute atomic E-state index is 12.4. The van der Waals surface area contributed by atoms with Crippen LogP contribution >= 0.6 is 12.4 Å². The molecule has 2 atom stereocenters. The van der Waals surface area contributed by atoms with Crippen LogP contribution in [0, 0.1) is 5.92 Å². The number of hydrogen-bond acceptors (Lipinski definition) is 2. The van der Waals surface area contributed by atoms with E-state index in [0.717, 1.165) is 26.1 Å². The number of halogens is 1. The summed E-state index contributed by atoms with van der Waals surface area (Å²) in [6.07, 6.45) is 1.12. The van der Waals surface area contributed by atoms with Crippen molar-refractivity contribution in [3.05, 3.63) is 35.9 Å². The molecule has 4 heteroatoms. The number of carbonyl (C=O) groups excluding carboxylic acids is 1. The third kappa shape index (κ3) is 6.92. The predicted molar refractivity (Wildman–Crippen MR) is 101 cm³/mol. The van der Waals surface area contributed by atoms with Crippen molar-refractivity contribution >= 4 is 18.3 Å². The van der Waals surface area contributed by atoms with Gasteiger partial charge in [-0.3, -0.25) is 9.69 Å². The van der Waals surface area contributed by atoms with E-state index in [-0.39, 0.29) is 18.3 Å². The van der Waals surface area contributed by atoms with Crippen LogP contribution in [0.3, 0.4) is 0 Å². The summed E-state index contributed by atoms with van der Waals surface area (Å²) in [6.45, 7) is 11.8. The molecule has 0 aliphatic carbocycles. The molecule has 0 radical (unpaired) electrons. The number of amides is 1. The number of nitrogens with zero attached hydrogens (tertiary/aromatic N) is 2. The summed E-state index contributed by atoms with van der Waals surface area (Å²) in [4.78, 5) is 16.5. The number of carbonyl (C=O) groups is 1. The molecule has 0 spiro atoms. The Kier molecular flexibility index (Phi) is 10.9. The van der Waals surface area contributed by atoms with Gasteiger partial charge in [-0.15, -0.1) is 12.4 Å². The fraction of sp³-hybridized carbons (Fsp3) is 0.632. The summed E-state index contributed by atoms with van der Waals surface area (Å²) in [5.74, 6) is 1.18. The molecule has 3 nitrogen and oxygen atoms in total. The minimum Gasteiger partial charge on any atom is -0.344 e. The third-order valence-electron chi connectivity index (χ3n) is 4.71. The van der Waals surface area contributed by atoms with Crippen LogP contribution < -0.4 is 0 Å². The highest BCUT2D eigenvalue weighted by molar-refractivity contribution is 5.85. The highest BCUT2D eigenvalue weighted by Crippen LogP contribution is 2.27. The molecular weight excluding hydrogens is 308 g/mol. The summed E-state index contributed by atoms with van der Waals surface area (Å²) in [5, 5.41) is 0. The number of rotatable bonds is 9. The summed E-state index contributed by atoms with van der Waals surface area (Å²) < 4.78 is 0. The maximum atomic E-state index is 12.4. The van der Waals surface area contributed by atoms with Gasteiger partial charge in [-0.05, 0) is 24.6 Å². The molecule has 1 amide bonds. The zero-order valence-electron chi connectivity index (χ0n) is 15.3.